The van der Waals surface area contributed by atoms with E-state index in [4.69, 9.17) is 0 Å². The van der Waals surface area contributed by atoms with E-state index in [-0.39, 0.29) is 16.7 Å². The van der Waals surface area contributed by atoms with Crippen LogP contribution in [0.3, 0.4) is 0 Å². The van der Waals surface area contributed by atoms with Crippen LogP contribution in [0.15, 0.2) is 24.3 Å². The molecular weight excluding hydrogens is 294 g/mol. The summed E-state index contributed by atoms with van der Waals surface area (Å²) < 4.78 is 0. The Morgan fingerprint density at radius 2 is 2.04 bits per heavy atom. The van der Waals surface area contributed by atoms with Crippen molar-refractivity contribution in [3.8, 4) is 0 Å². The SMILES string of the molecule is Cc1ccccc1CN1CCCN(C(=O)[C@@H]2C[C@@H]2[N+](=O)[O-])CC1. The molecular formula is C17H23N3O3. The highest BCUT2D eigenvalue weighted by Crippen LogP contribution is 2.35. The minimum atomic E-state index is -0.645. The lowest BCUT2D eigenvalue weighted by Crippen LogP contribution is -2.37. The van der Waals surface area contributed by atoms with Gasteiger partial charge in [0.05, 0.1) is 0 Å². The second kappa shape index (κ2) is 6.66. The first kappa shape index (κ1) is 15.9. The average Bonchev–Trinajstić information content (AvgIpc) is 3.33. The molecule has 1 amide bonds. The molecule has 2 fully saturated rings. The van der Waals surface area contributed by atoms with Crippen LogP contribution in [0.2, 0.25) is 0 Å². The Balaban J connectivity index is 1.54. The van der Waals surface area contributed by atoms with Gasteiger partial charge in [0.25, 0.3) is 0 Å². The standard InChI is InChI=1S/C17H23N3O3/c1-13-5-2-3-6-14(13)12-18-7-4-8-19(10-9-18)17(21)15-11-16(15)20(22)23/h2-3,5-6,15-16H,4,7-12H2,1H3/t15-,16+/m1/s1. The van der Waals surface area contributed by atoms with E-state index in [1.165, 1.54) is 11.1 Å². The molecule has 6 nitrogen and oxygen atoms in total. The number of hydrogen-bond acceptors (Lipinski definition) is 4. The van der Waals surface area contributed by atoms with Crippen molar-refractivity contribution < 1.29 is 9.72 Å². The summed E-state index contributed by atoms with van der Waals surface area (Å²) >= 11 is 0. The molecule has 0 radical (unpaired) electrons. The summed E-state index contributed by atoms with van der Waals surface area (Å²) in [5, 5.41) is 10.7. The molecule has 0 spiro atoms. The molecule has 3 rings (SSSR count). The number of amides is 1. The number of aryl methyl sites for hydroxylation is 1. The zero-order valence-electron chi connectivity index (χ0n) is 13.5. The van der Waals surface area contributed by atoms with E-state index < -0.39 is 6.04 Å². The van der Waals surface area contributed by atoms with Gasteiger partial charge < -0.3 is 4.90 Å². The minimum absolute atomic E-state index is 0.0237. The molecule has 1 aliphatic heterocycles. The van der Waals surface area contributed by atoms with Crippen molar-refractivity contribution in [3.63, 3.8) is 0 Å². The van der Waals surface area contributed by atoms with Gasteiger partial charge in [0.2, 0.25) is 11.9 Å². The third kappa shape index (κ3) is 3.69. The quantitative estimate of drug-likeness (QED) is 0.626. The van der Waals surface area contributed by atoms with E-state index in [1.54, 1.807) is 0 Å². The van der Waals surface area contributed by atoms with Crippen LogP contribution < -0.4 is 0 Å². The number of rotatable bonds is 4. The van der Waals surface area contributed by atoms with E-state index in [1.807, 2.05) is 11.0 Å². The lowest BCUT2D eigenvalue weighted by molar-refractivity contribution is -0.497. The lowest BCUT2D eigenvalue weighted by Gasteiger charge is -2.22. The fourth-order valence-corrected chi connectivity index (χ4v) is 3.29. The van der Waals surface area contributed by atoms with Crippen molar-refractivity contribution in [2.24, 2.45) is 5.92 Å². The van der Waals surface area contributed by atoms with Gasteiger partial charge in [-0.15, -0.1) is 0 Å². The fourth-order valence-electron chi connectivity index (χ4n) is 3.29. The monoisotopic (exact) mass is 317 g/mol. The van der Waals surface area contributed by atoms with Crippen molar-refractivity contribution in [1.82, 2.24) is 9.80 Å². The Labute approximate surface area is 136 Å². The molecule has 0 bridgehead atoms. The van der Waals surface area contributed by atoms with Gasteiger partial charge in [-0.2, -0.15) is 0 Å². The Hall–Kier alpha value is -1.95. The Bertz CT molecular complexity index is 605. The highest BCUT2D eigenvalue weighted by Gasteiger charge is 2.54. The second-order valence-corrected chi connectivity index (χ2v) is 6.58. The molecule has 2 aliphatic rings. The molecule has 0 aromatic heterocycles. The average molecular weight is 317 g/mol. The number of benzene rings is 1. The van der Waals surface area contributed by atoms with Gasteiger partial charge in [0.1, 0.15) is 5.92 Å². The van der Waals surface area contributed by atoms with Gasteiger partial charge in [-0.05, 0) is 24.5 Å². The fraction of sp³-hybridized carbons (Fsp3) is 0.588. The van der Waals surface area contributed by atoms with Crippen molar-refractivity contribution in [2.45, 2.75) is 32.4 Å². The largest absolute Gasteiger partial charge is 0.341 e. The summed E-state index contributed by atoms with van der Waals surface area (Å²) in [5.74, 6) is -0.405. The summed E-state index contributed by atoms with van der Waals surface area (Å²) in [6.45, 7) is 6.19. The maximum Gasteiger partial charge on any atom is 0.232 e. The molecule has 1 aromatic carbocycles. The molecule has 6 heteroatoms. The molecule has 0 N–H and O–H groups in total. The first-order valence-electron chi connectivity index (χ1n) is 8.25. The van der Waals surface area contributed by atoms with E-state index in [0.29, 0.717) is 19.5 Å². The van der Waals surface area contributed by atoms with Crippen LogP contribution in [0.25, 0.3) is 0 Å². The minimum Gasteiger partial charge on any atom is -0.341 e. The van der Waals surface area contributed by atoms with Crippen molar-refractivity contribution in [3.05, 3.63) is 45.5 Å². The van der Waals surface area contributed by atoms with Crippen LogP contribution in [-0.4, -0.2) is 52.9 Å². The van der Waals surface area contributed by atoms with E-state index in [9.17, 15) is 14.9 Å². The van der Waals surface area contributed by atoms with E-state index in [2.05, 4.69) is 30.0 Å². The summed E-state index contributed by atoms with van der Waals surface area (Å²) in [4.78, 5) is 27.0. The molecule has 0 unspecified atom stereocenters. The summed E-state index contributed by atoms with van der Waals surface area (Å²) in [7, 11) is 0. The van der Waals surface area contributed by atoms with Crippen LogP contribution >= 0.6 is 0 Å². The maximum absolute atomic E-state index is 12.4. The highest BCUT2D eigenvalue weighted by molar-refractivity contribution is 5.82. The third-order valence-corrected chi connectivity index (χ3v) is 4.90. The normalized spacial score (nSPS) is 25.0. The molecule has 1 saturated carbocycles. The molecule has 1 aliphatic carbocycles. The number of nitrogens with zero attached hydrogens (tertiary/aromatic N) is 3. The van der Waals surface area contributed by atoms with Crippen LogP contribution in [-0.2, 0) is 11.3 Å². The molecule has 124 valence electrons. The van der Waals surface area contributed by atoms with E-state index in [0.717, 1.165) is 26.1 Å². The summed E-state index contributed by atoms with van der Waals surface area (Å²) in [5.41, 5.74) is 2.61. The zero-order valence-corrected chi connectivity index (χ0v) is 13.5. The number of carbonyl (C=O) groups excluding carboxylic acids is 1. The molecule has 1 saturated heterocycles. The Kier molecular flexibility index (Phi) is 4.61. The molecule has 1 aromatic rings. The van der Waals surface area contributed by atoms with Gasteiger partial charge in [0.15, 0.2) is 0 Å². The Morgan fingerprint density at radius 3 is 2.74 bits per heavy atom. The van der Waals surface area contributed by atoms with Crippen LogP contribution in [0, 0.1) is 23.0 Å². The summed E-state index contributed by atoms with van der Waals surface area (Å²) in [6.07, 6.45) is 1.34. The molecule has 2 atom stereocenters. The summed E-state index contributed by atoms with van der Waals surface area (Å²) in [6, 6.07) is 7.72. The number of carbonyl (C=O) groups is 1. The topological polar surface area (TPSA) is 66.7 Å². The van der Waals surface area contributed by atoms with Crippen LogP contribution in [0.5, 0.6) is 0 Å². The smallest absolute Gasteiger partial charge is 0.232 e. The van der Waals surface area contributed by atoms with Crippen LogP contribution in [0.1, 0.15) is 24.0 Å². The zero-order chi connectivity index (χ0) is 16.4. The Morgan fingerprint density at radius 1 is 1.26 bits per heavy atom. The molecule has 1 heterocycles. The third-order valence-electron chi connectivity index (χ3n) is 4.90. The van der Waals surface area contributed by atoms with Crippen LogP contribution in [0.4, 0.5) is 0 Å². The van der Waals surface area contributed by atoms with Gasteiger partial charge >= 0.3 is 0 Å². The molecule has 23 heavy (non-hydrogen) atoms. The second-order valence-electron chi connectivity index (χ2n) is 6.58. The van der Waals surface area contributed by atoms with Crippen molar-refractivity contribution in [1.29, 1.82) is 0 Å². The first-order valence-corrected chi connectivity index (χ1v) is 8.25. The predicted octanol–water partition coefficient (Wildman–Crippen LogP) is 1.69. The van der Waals surface area contributed by atoms with Gasteiger partial charge in [-0.3, -0.25) is 19.8 Å². The van der Waals surface area contributed by atoms with E-state index >= 15 is 0 Å². The maximum atomic E-state index is 12.4. The van der Waals surface area contributed by atoms with Crippen molar-refractivity contribution >= 4 is 5.91 Å². The highest BCUT2D eigenvalue weighted by atomic mass is 16.6. The number of hydrogen-bond donors (Lipinski definition) is 0. The van der Waals surface area contributed by atoms with Gasteiger partial charge in [0, 0.05) is 44.1 Å². The van der Waals surface area contributed by atoms with Gasteiger partial charge in [-0.25, -0.2) is 0 Å². The number of nitro groups is 1. The lowest BCUT2D eigenvalue weighted by atomic mass is 10.1. The first-order chi connectivity index (χ1) is 11.1. The van der Waals surface area contributed by atoms with Gasteiger partial charge in [-0.1, -0.05) is 24.3 Å². The predicted molar refractivity (Wildman–Crippen MR) is 86.5 cm³/mol. The van der Waals surface area contributed by atoms with Crippen molar-refractivity contribution in [2.75, 3.05) is 26.2 Å².